The number of halogens is 1. The smallest absolute Gasteiger partial charge is 0.294 e. The quantitative estimate of drug-likeness (QED) is 0.598. The standard InChI is InChI=1S/C25H25FN2O3/c1-17-8-6-11-19(16-17)28(25(30)22-14-7-15-31-22)23(20-12-4-5-13-21(20)26)24(29)27-18-9-2-3-10-18/h4-8,11-16,18,23H,2-3,9-10H2,1H3,(H,27,29). The highest BCUT2D eigenvalue weighted by Crippen LogP contribution is 2.32. The highest BCUT2D eigenvalue weighted by atomic mass is 19.1. The van der Waals surface area contributed by atoms with Crippen molar-refractivity contribution in [1.29, 1.82) is 0 Å². The molecule has 1 aliphatic rings. The molecule has 1 heterocycles. The molecule has 1 fully saturated rings. The van der Waals surface area contributed by atoms with E-state index in [-0.39, 0.29) is 17.4 Å². The zero-order valence-electron chi connectivity index (χ0n) is 17.4. The summed E-state index contributed by atoms with van der Waals surface area (Å²) in [7, 11) is 0. The van der Waals surface area contributed by atoms with Crippen molar-refractivity contribution in [3.05, 3.63) is 89.6 Å². The van der Waals surface area contributed by atoms with Gasteiger partial charge in [-0.2, -0.15) is 0 Å². The minimum Gasteiger partial charge on any atom is -0.459 e. The van der Waals surface area contributed by atoms with E-state index in [0.717, 1.165) is 31.2 Å². The fraction of sp³-hybridized carbons (Fsp3) is 0.280. The first-order valence-corrected chi connectivity index (χ1v) is 10.5. The summed E-state index contributed by atoms with van der Waals surface area (Å²) < 4.78 is 20.3. The molecule has 1 atom stereocenters. The van der Waals surface area contributed by atoms with Crippen molar-refractivity contribution < 1.29 is 18.4 Å². The van der Waals surface area contributed by atoms with Crippen LogP contribution in [0.2, 0.25) is 0 Å². The van der Waals surface area contributed by atoms with E-state index in [1.54, 1.807) is 48.5 Å². The number of nitrogens with zero attached hydrogens (tertiary/aromatic N) is 1. The molecule has 0 radical (unpaired) electrons. The van der Waals surface area contributed by atoms with Gasteiger partial charge in [0.05, 0.1) is 6.26 Å². The summed E-state index contributed by atoms with van der Waals surface area (Å²) in [5.41, 5.74) is 1.55. The molecule has 0 saturated heterocycles. The highest BCUT2D eigenvalue weighted by molar-refractivity contribution is 6.08. The predicted octanol–water partition coefficient (Wildman–Crippen LogP) is 5.17. The molecule has 3 aromatic rings. The fourth-order valence-corrected chi connectivity index (χ4v) is 4.13. The second-order valence-electron chi connectivity index (χ2n) is 7.91. The van der Waals surface area contributed by atoms with E-state index in [4.69, 9.17) is 4.42 Å². The number of nitrogens with one attached hydrogen (secondary N) is 1. The third kappa shape index (κ3) is 4.53. The average molecular weight is 420 g/mol. The van der Waals surface area contributed by atoms with Crippen LogP contribution in [0.5, 0.6) is 0 Å². The molecule has 1 unspecified atom stereocenters. The van der Waals surface area contributed by atoms with Crippen molar-refractivity contribution in [2.75, 3.05) is 4.90 Å². The van der Waals surface area contributed by atoms with Crippen molar-refractivity contribution in [2.45, 2.75) is 44.7 Å². The molecule has 1 aromatic heterocycles. The van der Waals surface area contributed by atoms with Gasteiger partial charge in [0.2, 0.25) is 5.91 Å². The molecule has 1 N–H and O–H groups in total. The number of anilines is 1. The van der Waals surface area contributed by atoms with Crippen molar-refractivity contribution in [3.8, 4) is 0 Å². The molecular weight excluding hydrogens is 395 g/mol. The van der Waals surface area contributed by atoms with Gasteiger partial charge >= 0.3 is 0 Å². The zero-order valence-corrected chi connectivity index (χ0v) is 17.4. The normalized spacial score (nSPS) is 14.9. The van der Waals surface area contributed by atoms with Crippen LogP contribution in [0.25, 0.3) is 0 Å². The van der Waals surface area contributed by atoms with Crippen LogP contribution >= 0.6 is 0 Å². The molecule has 2 amide bonds. The summed E-state index contributed by atoms with van der Waals surface area (Å²) in [6, 6.07) is 15.3. The Bertz CT molecular complexity index is 1060. The number of benzene rings is 2. The molecule has 1 aliphatic carbocycles. The van der Waals surface area contributed by atoms with E-state index < -0.39 is 23.7 Å². The molecule has 160 valence electrons. The van der Waals surface area contributed by atoms with Crippen molar-refractivity contribution in [1.82, 2.24) is 5.32 Å². The number of hydrogen-bond acceptors (Lipinski definition) is 3. The van der Waals surface area contributed by atoms with Crippen LogP contribution in [0.1, 0.15) is 53.4 Å². The van der Waals surface area contributed by atoms with E-state index in [1.165, 1.54) is 17.2 Å². The number of aryl methyl sites for hydroxylation is 1. The lowest BCUT2D eigenvalue weighted by Gasteiger charge is -2.32. The monoisotopic (exact) mass is 420 g/mol. The van der Waals surface area contributed by atoms with Gasteiger partial charge in [-0.05, 0) is 55.7 Å². The van der Waals surface area contributed by atoms with Gasteiger partial charge in [-0.3, -0.25) is 14.5 Å². The molecule has 31 heavy (non-hydrogen) atoms. The molecule has 1 saturated carbocycles. The minimum atomic E-state index is -1.18. The summed E-state index contributed by atoms with van der Waals surface area (Å²) in [5, 5.41) is 3.04. The van der Waals surface area contributed by atoms with Crippen LogP contribution in [0.15, 0.2) is 71.3 Å². The molecule has 0 spiro atoms. The van der Waals surface area contributed by atoms with E-state index in [2.05, 4.69) is 5.32 Å². The van der Waals surface area contributed by atoms with Gasteiger partial charge in [0.15, 0.2) is 5.76 Å². The van der Waals surface area contributed by atoms with Gasteiger partial charge in [0.25, 0.3) is 5.91 Å². The molecule has 5 nitrogen and oxygen atoms in total. The predicted molar refractivity (Wildman–Crippen MR) is 116 cm³/mol. The lowest BCUT2D eigenvalue weighted by molar-refractivity contribution is -0.123. The second-order valence-corrected chi connectivity index (χ2v) is 7.91. The third-order valence-electron chi connectivity index (χ3n) is 5.64. The first-order valence-electron chi connectivity index (χ1n) is 10.5. The highest BCUT2D eigenvalue weighted by Gasteiger charge is 2.37. The summed E-state index contributed by atoms with van der Waals surface area (Å²) in [4.78, 5) is 28.4. The summed E-state index contributed by atoms with van der Waals surface area (Å²) in [5.74, 6) is -1.38. The topological polar surface area (TPSA) is 62.6 Å². The van der Waals surface area contributed by atoms with Gasteiger partial charge in [0, 0.05) is 17.3 Å². The Morgan fingerprint density at radius 3 is 2.52 bits per heavy atom. The van der Waals surface area contributed by atoms with Crippen LogP contribution < -0.4 is 10.2 Å². The number of rotatable bonds is 6. The summed E-state index contributed by atoms with van der Waals surface area (Å²) >= 11 is 0. The van der Waals surface area contributed by atoms with Crippen LogP contribution in [0, 0.1) is 12.7 Å². The molecule has 6 heteroatoms. The summed E-state index contributed by atoms with van der Waals surface area (Å²) in [6.07, 6.45) is 5.25. The zero-order chi connectivity index (χ0) is 21.8. The SMILES string of the molecule is Cc1cccc(N(C(=O)c2ccco2)C(C(=O)NC2CCCC2)c2ccccc2F)c1. The minimum absolute atomic E-state index is 0.0276. The Morgan fingerprint density at radius 2 is 1.84 bits per heavy atom. The Balaban J connectivity index is 1.83. The second kappa shape index (κ2) is 9.16. The van der Waals surface area contributed by atoms with Crippen LogP contribution in [-0.2, 0) is 4.79 Å². The van der Waals surface area contributed by atoms with Gasteiger partial charge < -0.3 is 9.73 Å². The van der Waals surface area contributed by atoms with Gasteiger partial charge in [-0.1, -0.05) is 43.2 Å². The first-order chi connectivity index (χ1) is 15.0. The maximum Gasteiger partial charge on any atom is 0.294 e. The van der Waals surface area contributed by atoms with Crippen LogP contribution in [-0.4, -0.2) is 17.9 Å². The molecular formula is C25H25FN2O3. The number of carbonyl (C=O) groups is 2. The first kappa shape index (κ1) is 20.8. The van der Waals surface area contributed by atoms with E-state index >= 15 is 0 Å². The Hall–Kier alpha value is -3.41. The Morgan fingerprint density at radius 1 is 1.06 bits per heavy atom. The largest absolute Gasteiger partial charge is 0.459 e. The maximum absolute atomic E-state index is 14.9. The van der Waals surface area contributed by atoms with Crippen molar-refractivity contribution >= 4 is 17.5 Å². The third-order valence-corrected chi connectivity index (χ3v) is 5.64. The molecule has 2 aromatic carbocycles. The van der Waals surface area contributed by atoms with E-state index in [0.29, 0.717) is 5.69 Å². The fourth-order valence-electron chi connectivity index (χ4n) is 4.13. The number of hydrogen-bond donors (Lipinski definition) is 1. The lowest BCUT2D eigenvalue weighted by atomic mass is 10.0. The summed E-state index contributed by atoms with van der Waals surface area (Å²) in [6.45, 7) is 1.90. The Kier molecular flexibility index (Phi) is 6.16. The van der Waals surface area contributed by atoms with Crippen LogP contribution in [0.4, 0.5) is 10.1 Å². The van der Waals surface area contributed by atoms with Crippen molar-refractivity contribution in [2.24, 2.45) is 0 Å². The van der Waals surface area contributed by atoms with Crippen molar-refractivity contribution in [3.63, 3.8) is 0 Å². The number of furan rings is 1. The van der Waals surface area contributed by atoms with Crippen LogP contribution in [0.3, 0.4) is 0 Å². The Labute approximate surface area is 180 Å². The average Bonchev–Trinajstić information content (AvgIpc) is 3.46. The van der Waals surface area contributed by atoms with E-state index in [1.807, 2.05) is 13.0 Å². The molecule has 4 rings (SSSR count). The number of carbonyl (C=O) groups excluding carboxylic acids is 2. The van der Waals surface area contributed by atoms with Gasteiger partial charge in [0.1, 0.15) is 11.9 Å². The molecule has 0 aliphatic heterocycles. The van der Waals surface area contributed by atoms with Gasteiger partial charge in [-0.25, -0.2) is 4.39 Å². The van der Waals surface area contributed by atoms with E-state index in [9.17, 15) is 14.0 Å². The van der Waals surface area contributed by atoms with Gasteiger partial charge in [-0.15, -0.1) is 0 Å². The molecule has 0 bridgehead atoms. The lowest BCUT2D eigenvalue weighted by Crippen LogP contribution is -2.46. The number of amides is 2. The maximum atomic E-state index is 14.9.